The Balaban J connectivity index is 1.47. The van der Waals surface area contributed by atoms with Crippen molar-refractivity contribution in [1.82, 2.24) is 9.97 Å². The monoisotopic (exact) mass is 459 g/mol. The van der Waals surface area contributed by atoms with Gasteiger partial charge in [0.15, 0.2) is 16.6 Å². The van der Waals surface area contributed by atoms with Gasteiger partial charge in [0.05, 0.1) is 23.5 Å². The number of benzene rings is 2. The van der Waals surface area contributed by atoms with Crippen LogP contribution in [0.4, 0.5) is 5.13 Å². The van der Waals surface area contributed by atoms with Crippen LogP contribution in [0.2, 0.25) is 0 Å². The smallest absolute Gasteiger partial charge is 0.253 e. The van der Waals surface area contributed by atoms with Gasteiger partial charge in [-0.25, -0.2) is 4.98 Å². The zero-order valence-electron chi connectivity index (χ0n) is 17.9. The van der Waals surface area contributed by atoms with Crippen LogP contribution >= 0.6 is 11.3 Å². The number of carbonyl (C=O) groups excluding carboxylic acids is 1. The standard InChI is InChI=1S/C25H21N3O4S/c1-2-30-20-7-5-8-22-24(20)27-25(33-22)28(15-18-6-3-4-13-26-18)23(29)12-10-17-9-11-19-21(14-17)32-16-31-19/h3-14H,2,15-16H2,1H3/b12-10+. The van der Waals surface area contributed by atoms with Crippen LogP contribution in [-0.4, -0.2) is 29.3 Å². The molecule has 4 aromatic rings. The Labute approximate surface area is 194 Å². The summed E-state index contributed by atoms with van der Waals surface area (Å²) >= 11 is 1.45. The van der Waals surface area contributed by atoms with Crippen molar-refractivity contribution in [3.63, 3.8) is 0 Å². The van der Waals surface area contributed by atoms with Crippen LogP contribution in [0.5, 0.6) is 17.2 Å². The summed E-state index contributed by atoms with van der Waals surface area (Å²) in [5.41, 5.74) is 2.36. The van der Waals surface area contributed by atoms with Crippen LogP contribution in [0.3, 0.4) is 0 Å². The quantitative estimate of drug-likeness (QED) is 0.360. The lowest BCUT2D eigenvalue weighted by Gasteiger charge is -2.17. The molecule has 2 aromatic heterocycles. The highest BCUT2D eigenvalue weighted by Crippen LogP contribution is 2.35. The van der Waals surface area contributed by atoms with Gasteiger partial charge in [-0.2, -0.15) is 0 Å². The number of pyridine rings is 1. The average Bonchev–Trinajstić information content (AvgIpc) is 3.49. The van der Waals surface area contributed by atoms with Gasteiger partial charge >= 0.3 is 0 Å². The first-order valence-electron chi connectivity index (χ1n) is 10.5. The van der Waals surface area contributed by atoms with Gasteiger partial charge in [-0.15, -0.1) is 0 Å². The van der Waals surface area contributed by atoms with Crippen molar-refractivity contribution in [2.45, 2.75) is 13.5 Å². The third-order valence-corrected chi connectivity index (χ3v) is 6.07. The molecule has 8 heteroatoms. The topological polar surface area (TPSA) is 73.8 Å². The minimum Gasteiger partial charge on any atom is -0.492 e. The SMILES string of the molecule is CCOc1cccc2sc(N(Cc3ccccn3)C(=O)/C=C/c3ccc4c(c3)OCO4)nc12. The Morgan fingerprint density at radius 2 is 2.06 bits per heavy atom. The number of aromatic nitrogens is 2. The Morgan fingerprint density at radius 3 is 2.91 bits per heavy atom. The molecule has 0 unspecified atom stereocenters. The van der Waals surface area contributed by atoms with Gasteiger partial charge in [0.25, 0.3) is 5.91 Å². The fourth-order valence-electron chi connectivity index (χ4n) is 3.47. The minimum atomic E-state index is -0.199. The number of amides is 1. The van der Waals surface area contributed by atoms with Crippen LogP contribution in [0.1, 0.15) is 18.2 Å². The molecule has 2 aromatic carbocycles. The largest absolute Gasteiger partial charge is 0.492 e. The van der Waals surface area contributed by atoms with E-state index in [1.807, 2.05) is 61.5 Å². The number of carbonyl (C=O) groups is 1. The lowest BCUT2D eigenvalue weighted by molar-refractivity contribution is -0.114. The van der Waals surface area contributed by atoms with Crippen LogP contribution in [0.15, 0.2) is 66.9 Å². The molecule has 166 valence electrons. The minimum absolute atomic E-state index is 0.199. The summed E-state index contributed by atoms with van der Waals surface area (Å²) < 4.78 is 17.5. The van der Waals surface area contributed by atoms with Crippen LogP contribution in [0.25, 0.3) is 16.3 Å². The van der Waals surface area contributed by atoms with Gasteiger partial charge in [0, 0.05) is 12.3 Å². The van der Waals surface area contributed by atoms with Crippen molar-refractivity contribution in [2.24, 2.45) is 0 Å². The number of nitrogens with zero attached hydrogens (tertiary/aromatic N) is 3. The van der Waals surface area contributed by atoms with Crippen molar-refractivity contribution in [3.05, 3.63) is 78.1 Å². The number of para-hydroxylation sites is 1. The molecular formula is C25H21N3O4S. The second kappa shape index (κ2) is 9.30. The fraction of sp³-hybridized carbons (Fsp3) is 0.160. The highest BCUT2D eigenvalue weighted by molar-refractivity contribution is 7.22. The Kier molecular flexibility index (Phi) is 5.91. The normalized spacial score (nSPS) is 12.4. The summed E-state index contributed by atoms with van der Waals surface area (Å²) in [5, 5.41) is 0.586. The van der Waals surface area contributed by atoms with Crippen LogP contribution in [0, 0.1) is 0 Å². The second-order valence-corrected chi connectivity index (χ2v) is 8.23. The second-order valence-electron chi connectivity index (χ2n) is 7.22. The van der Waals surface area contributed by atoms with Gasteiger partial charge in [-0.3, -0.25) is 14.7 Å². The van der Waals surface area contributed by atoms with Crippen LogP contribution in [-0.2, 0) is 11.3 Å². The van der Waals surface area contributed by atoms with E-state index in [4.69, 9.17) is 19.2 Å². The van der Waals surface area contributed by atoms with Crippen LogP contribution < -0.4 is 19.1 Å². The summed E-state index contributed by atoms with van der Waals surface area (Å²) in [4.78, 5) is 24.1. The first kappa shape index (κ1) is 21.0. The van der Waals surface area contributed by atoms with Gasteiger partial charge in [0.2, 0.25) is 6.79 Å². The van der Waals surface area contributed by atoms with Gasteiger partial charge in [-0.05, 0) is 55.0 Å². The molecule has 1 amide bonds. The van der Waals surface area contributed by atoms with E-state index in [0.717, 1.165) is 21.5 Å². The number of anilines is 1. The molecule has 3 heterocycles. The molecule has 0 radical (unpaired) electrons. The van der Waals surface area contributed by atoms with E-state index in [2.05, 4.69) is 4.98 Å². The van der Waals surface area contributed by atoms with E-state index in [1.54, 1.807) is 17.2 Å². The Bertz CT molecular complexity index is 1320. The predicted octanol–water partition coefficient (Wildman–Crippen LogP) is 5.07. The lowest BCUT2D eigenvalue weighted by Crippen LogP contribution is -2.29. The third-order valence-electron chi connectivity index (χ3n) is 5.03. The van der Waals surface area contributed by atoms with Crippen molar-refractivity contribution >= 4 is 38.7 Å². The number of hydrogen-bond donors (Lipinski definition) is 0. The van der Waals surface area contributed by atoms with Crippen molar-refractivity contribution in [1.29, 1.82) is 0 Å². The van der Waals surface area contributed by atoms with Gasteiger partial charge in [-0.1, -0.05) is 29.5 Å². The molecule has 1 aliphatic rings. The zero-order valence-corrected chi connectivity index (χ0v) is 18.7. The Morgan fingerprint density at radius 1 is 1.15 bits per heavy atom. The highest BCUT2D eigenvalue weighted by atomic mass is 32.1. The summed E-state index contributed by atoms with van der Waals surface area (Å²) in [7, 11) is 0. The first-order chi connectivity index (χ1) is 16.2. The summed E-state index contributed by atoms with van der Waals surface area (Å²) in [5.74, 6) is 1.88. The maximum Gasteiger partial charge on any atom is 0.253 e. The zero-order chi connectivity index (χ0) is 22.6. The maximum absolute atomic E-state index is 13.3. The molecule has 0 N–H and O–H groups in total. The number of thiazole rings is 1. The maximum atomic E-state index is 13.3. The molecule has 1 aliphatic heterocycles. The average molecular weight is 460 g/mol. The summed E-state index contributed by atoms with van der Waals surface area (Å²) in [6.45, 7) is 2.99. The van der Waals surface area contributed by atoms with Crippen molar-refractivity contribution < 1.29 is 19.0 Å². The summed E-state index contributed by atoms with van der Waals surface area (Å²) in [6.07, 6.45) is 5.01. The van der Waals surface area contributed by atoms with E-state index >= 15 is 0 Å². The van der Waals surface area contributed by atoms with Crippen molar-refractivity contribution in [3.8, 4) is 17.2 Å². The molecule has 7 nitrogen and oxygen atoms in total. The first-order valence-corrected chi connectivity index (χ1v) is 11.3. The molecule has 0 fully saturated rings. The van der Waals surface area contributed by atoms with E-state index in [-0.39, 0.29) is 12.7 Å². The molecule has 0 atom stereocenters. The predicted molar refractivity (Wildman–Crippen MR) is 128 cm³/mol. The molecular weight excluding hydrogens is 438 g/mol. The highest BCUT2D eigenvalue weighted by Gasteiger charge is 2.20. The van der Waals surface area contributed by atoms with E-state index in [1.165, 1.54) is 17.4 Å². The van der Waals surface area contributed by atoms with Crippen molar-refractivity contribution in [2.75, 3.05) is 18.3 Å². The van der Waals surface area contributed by atoms with E-state index in [9.17, 15) is 4.79 Å². The molecule has 0 saturated carbocycles. The van der Waals surface area contributed by atoms with Gasteiger partial charge < -0.3 is 14.2 Å². The molecule has 33 heavy (non-hydrogen) atoms. The lowest BCUT2D eigenvalue weighted by atomic mass is 10.2. The number of hydrogen-bond acceptors (Lipinski definition) is 7. The van der Waals surface area contributed by atoms with Gasteiger partial charge in [0.1, 0.15) is 11.3 Å². The Hall–Kier alpha value is -3.91. The molecule has 0 spiro atoms. The number of ether oxygens (including phenoxy) is 3. The summed E-state index contributed by atoms with van der Waals surface area (Å²) in [6, 6.07) is 17.0. The molecule has 5 rings (SSSR count). The fourth-order valence-corrected chi connectivity index (χ4v) is 4.45. The molecule has 0 aliphatic carbocycles. The van der Waals surface area contributed by atoms with E-state index < -0.39 is 0 Å². The molecule has 0 bridgehead atoms. The molecule has 0 saturated heterocycles. The van der Waals surface area contributed by atoms with E-state index in [0.29, 0.717) is 35.5 Å². The number of rotatable bonds is 7. The number of fused-ring (bicyclic) bond motifs is 2. The third kappa shape index (κ3) is 4.51.